The van der Waals surface area contributed by atoms with Crippen LogP contribution in [0.3, 0.4) is 0 Å². The normalized spacial score (nSPS) is 10.6. The van der Waals surface area contributed by atoms with E-state index in [0.29, 0.717) is 16.9 Å². The second kappa shape index (κ2) is 6.58. The average Bonchev–Trinajstić information content (AvgIpc) is 2.96. The van der Waals surface area contributed by atoms with Crippen molar-refractivity contribution in [1.82, 2.24) is 0 Å². The topological polar surface area (TPSA) is 65.7 Å². The smallest absolute Gasteiger partial charge is 0.338 e. The molecule has 0 unspecified atom stereocenters. The van der Waals surface area contributed by atoms with Gasteiger partial charge in [-0.3, -0.25) is 4.79 Å². The molecule has 3 aromatic rings. The third-order valence-electron chi connectivity index (χ3n) is 3.76. The standard InChI is InChI=1S/C19H16O5/c1-12-15-5-3-4-6-17(15)24-18(12)16(20)11-23-19(21)13-7-9-14(22-2)10-8-13/h3-10H,11H2,1-2H3. The molecule has 0 fully saturated rings. The molecule has 3 rings (SSSR count). The van der Waals surface area contributed by atoms with Crippen LogP contribution >= 0.6 is 0 Å². The number of fused-ring (bicyclic) bond motifs is 1. The number of ketones is 1. The number of rotatable bonds is 5. The summed E-state index contributed by atoms with van der Waals surface area (Å²) in [7, 11) is 1.54. The number of carbonyl (C=O) groups excluding carboxylic acids is 2. The Morgan fingerprint density at radius 3 is 2.42 bits per heavy atom. The van der Waals surface area contributed by atoms with Gasteiger partial charge in [0.25, 0.3) is 0 Å². The molecule has 0 amide bonds. The Balaban J connectivity index is 1.69. The van der Waals surface area contributed by atoms with Gasteiger partial charge in [-0.2, -0.15) is 0 Å². The molecule has 0 saturated carbocycles. The molecule has 0 aliphatic rings. The van der Waals surface area contributed by atoms with E-state index < -0.39 is 5.97 Å². The molecule has 0 aliphatic carbocycles. The largest absolute Gasteiger partial charge is 0.497 e. The summed E-state index contributed by atoms with van der Waals surface area (Å²) in [6.07, 6.45) is 0. The van der Waals surface area contributed by atoms with Crippen LogP contribution in [-0.4, -0.2) is 25.5 Å². The van der Waals surface area contributed by atoms with E-state index in [1.807, 2.05) is 25.1 Å². The van der Waals surface area contributed by atoms with E-state index in [0.717, 1.165) is 10.9 Å². The summed E-state index contributed by atoms with van der Waals surface area (Å²) in [4.78, 5) is 24.3. The van der Waals surface area contributed by atoms with Crippen molar-refractivity contribution in [3.8, 4) is 5.75 Å². The molecule has 24 heavy (non-hydrogen) atoms. The fraction of sp³-hybridized carbons (Fsp3) is 0.158. The molecule has 1 aromatic heterocycles. The number of aryl methyl sites for hydroxylation is 1. The Labute approximate surface area is 138 Å². The van der Waals surface area contributed by atoms with Crippen LogP contribution in [0.2, 0.25) is 0 Å². The first kappa shape index (κ1) is 15.8. The van der Waals surface area contributed by atoms with E-state index in [4.69, 9.17) is 13.9 Å². The zero-order chi connectivity index (χ0) is 17.1. The molecule has 5 nitrogen and oxygen atoms in total. The lowest BCUT2D eigenvalue weighted by Gasteiger charge is -2.04. The van der Waals surface area contributed by atoms with Gasteiger partial charge in [-0.1, -0.05) is 18.2 Å². The molecule has 1 heterocycles. The number of esters is 1. The number of methoxy groups -OCH3 is 1. The van der Waals surface area contributed by atoms with Gasteiger partial charge in [0.15, 0.2) is 12.4 Å². The van der Waals surface area contributed by atoms with Crippen molar-refractivity contribution in [2.75, 3.05) is 13.7 Å². The van der Waals surface area contributed by atoms with Crippen LogP contribution < -0.4 is 4.74 Å². The van der Waals surface area contributed by atoms with Gasteiger partial charge in [0.05, 0.1) is 12.7 Å². The third kappa shape index (κ3) is 3.01. The molecule has 0 N–H and O–H groups in total. The van der Waals surface area contributed by atoms with Crippen molar-refractivity contribution in [2.24, 2.45) is 0 Å². The van der Waals surface area contributed by atoms with Crippen molar-refractivity contribution in [3.05, 3.63) is 65.4 Å². The van der Waals surface area contributed by atoms with Crippen molar-refractivity contribution >= 4 is 22.7 Å². The highest BCUT2D eigenvalue weighted by atomic mass is 16.5. The minimum atomic E-state index is -0.570. The predicted octanol–water partition coefficient (Wildman–Crippen LogP) is 3.79. The number of benzene rings is 2. The number of carbonyl (C=O) groups is 2. The fourth-order valence-electron chi connectivity index (χ4n) is 2.45. The van der Waals surface area contributed by atoms with Crippen LogP contribution in [0.1, 0.15) is 26.5 Å². The molecule has 122 valence electrons. The van der Waals surface area contributed by atoms with Gasteiger partial charge in [-0.25, -0.2) is 4.79 Å². The molecule has 0 radical (unpaired) electrons. The third-order valence-corrected chi connectivity index (χ3v) is 3.76. The number of furan rings is 1. The first-order chi connectivity index (χ1) is 11.6. The fourth-order valence-corrected chi connectivity index (χ4v) is 2.45. The first-order valence-corrected chi connectivity index (χ1v) is 7.42. The Hall–Kier alpha value is -3.08. The summed E-state index contributed by atoms with van der Waals surface area (Å²) in [5, 5.41) is 0.877. The maximum absolute atomic E-state index is 12.3. The summed E-state index contributed by atoms with van der Waals surface area (Å²) in [6, 6.07) is 13.9. The molecular weight excluding hydrogens is 308 g/mol. The second-order valence-corrected chi connectivity index (χ2v) is 5.28. The first-order valence-electron chi connectivity index (χ1n) is 7.42. The Kier molecular flexibility index (Phi) is 4.33. The number of hydrogen-bond acceptors (Lipinski definition) is 5. The lowest BCUT2D eigenvalue weighted by molar-refractivity contribution is 0.0468. The molecule has 0 spiro atoms. The molecule has 5 heteroatoms. The van der Waals surface area contributed by atoms with Crippen LogP contribution in [0.4, 0.5) is 0 Å². The molecule has 0 saturated heterocycles. The van der Waals surface area contributed by atoms with E-state index in [9.17, 15) is 9.59 Å². The van der Waals surface area contributed by atoms with Gasteiger partial charge in [-0.15, -0.1) is 0 Å². The van der Waals surface area contributed by atoms with Crippen molar-refractivity contribution in [3.63, 3.8) is 0 Å². The zero-order valence-corrected chi connectivity index (χ0v) is 13.4. The molecular formula is C19H16O5. The van der Waals surface area contributed by atoms with Gasteiger partial charge in [0.2, 0.25) is 5.78 Å². The predicted molar refractivity (Wildman–Crippen MR) is 88.6 cm³/mol. The highest BCUT2D eigenvalue weighted by Crippen LogP contribution is 2.25. The minimum absolute atomic E-state index is 0.221. The van der Waals surface area contributed by atoms with E-state index in [1.54, 1.807) is 37.4 Å². The highest BCUT2D eigenvalue weighted by Gasteiger charge is 2.19. The van der Waals surface area contributed by atoms with Crippen molar-refractivity contribution in [1.29, 1.82) is 0 Å². The second-order valence-electron chi connectivity index (χ2n) is 5.28. The maximum atomic E-state index is 12.3. The van der Waals surface area contributed by atoms with Gasteiger partial charge < -0.3 is 13.9 Å². The quantitative estimate of drug-likeness (QED) is 0.528. The zero-order valence-electron chi connectivity index (χ0n) is 13.4. The lowest BCUT2D eigenvalue weighted by Crippen LogP contribution is -2.14. The van der Waals surface area contributed by atoms with Gasteiger partial charge in [0.1, 0.15) is 11.3 Å². The summed E-state index contributed by atoms with van der Waals surface area (Å²) >= 11 is 0. The monoisotopic (exact) mass is 324 g/mol. The average molecular weight is 324 g/mol. The summed E-state index contributed by atoms with van der Waals surface area (Å²) < 4.78 is 15.7. The maximum Gasteiger partial charge on any atom is 0.338 e. The van der Waals surface area contributed by atoms with E-state index >= 15 is 0 Å². The summed E-state index contributed by atoms with van der Waals surface area (Å²) in [6.45, 7) is 1.44. The van der Waals surface area contributed by atoms with Gasteiger partial charge in [0, 0.05) is 10.9 Å². The Morgan fingerprint density at radius 2 is 1.75 bits per heavy atom. The van der Waals surface area contributed by atoms with Crippen LogP contribution in [0.5, 0.6) is 5.75 Å². The van der Waals surface area contributed by atoms with Crippen LogP contribution in [0.25, 0.3) is 11.0 Å². The number of ether oxygens (including phenoxy) is 2. The van der Waals surface area contributed by atoms with Crippen LogP contribution in [0, 0.1) is 6.92 Å². The van der Waals surface area contributed by atoms with Crippen LogP contribution in [-0.2, 0) is 4.74 Å². The summed E-state index contributed by atoms with van der Waals surface area (Å²) in [5.74, 6) is -0.0791. The van der Waals surface area contributed by atoms with Crippen molar-refractivity contribution in [2.45, 2.75) is 6.92 Å². The molecule has 2 aromatic carbocycles. The number of hydrogen-bond donors (Lipinski definition) is 0. The highest BCUT2D eigenvalue weighted by molar-refractivity contribution is 6.02. The Bertz CT molecular complexity index is 890. The number of Topliss-reactive ketones (excluding diaryl/α,β-unsaturated/α-hetero) is 1. The van der Waals surface area contributed by atoms with Crippen LogP contribution in [0.15, 0.2) is 52.9 Å². The molecule has 0 atom stereocenters. The SMILES string of the molecule is COc1ccc(C(=O)OCC(=O)c2oc3ccccc3c2C)cc1. The van der Waals surface area contributed by atoms with E-state index in [1.165, 1.54) is 0 Å². The molecule has 0 bridgehead atoms. The van der Waals surface area contributed by atoms with E-state index in [-0.39, 0.29) is 18.2 Å². The van der Waals surface area contributed by atoms with Gasteiger partial charge >= 0.3 is 5.97 Å². The Morgan fingerprint density at radius 1 is 1.04 bits per heavy atom. The molecule has 0 aliphatic heterocycles. The number of para-hydroxylation sites is 1. The van der Waals surface area contributed by atoms with Gasteiger partial charge in [-0.05, 0) is 37.3 Å². The lowest BCUT2D eigenvalue weighted by atomic mass is 10.1. The minimum Gasteiger partial charge on any atom is -0.497 e. The van der Waals surface area contributed by atoms with E-state index in [2.05, 4.69) is 0 Å². The summed E-state index contributed by atoms with van der Waals surface area (Å²) in [5.41, 5.74) is 1.74. The van der Waals surface area contributed by atoms with Crippen molar-refractivity contribution < 1.29 is 23.5 Å².